The average Bonchev–Trinajstić information content (AvgIpc) is 3.81. The van der Waals surface area contributed by atoms with E-state index in [0.717, 1.165) is 35.5 Å². The number of hydrogen-bond acceptors (Lipinski definition) is 2. The zero-order valence-corrected chi connectivity index (χ0v) is 36.5. The molecule has 2 heterocycles. The Balaban J connectivity index is 0.000000576. The maximum absolute atomic E-state index is 4.16. The van der Waals surface area contributed by atoms with Crippen molar-refractivity contribution in [3.05, 3.63) is 53.6 Å². The van der Waals surface area contributed by atoms with Crippen molar-refractivity contribution in [3.63, 3.8) is 0 Å². The molecule has 10 fully saturated rings. The maximum Gasteiger partial charge on any atom is 2.00 e. The molecule has 8 bridgehead atoms. The second-order valence-corrected chi connectivity index (χ2v) is 29.8. The number of hydrogen-bond donors (Lipinski definition) is 2. The van der Waals surface area contributed by atoms with Crippen molar-refractivity contribution < 1.29 is 17.1 Å². The normalized spacial score (nSPS) is 41.3. The molecular weight excluding hydrogens is 714 g/mol. The Bertz CT molecular complexity index is 1300. The Morgan fingerprint density at radius 3 is 1.49 bits per heavy atom. The molecule has 2 nitrogen and oxygen atoms in total. The summed E-state index contributed by atoms with van der Waals surface area (Å²) in [4.78, 5) is 0. The van der Waals surface area contributed by atoms with Gasteiger partial charge < -0.3 is 10.6 Å². The molecule has 2 N–H and O–H groups in total. The summed E-state index contributed by atoms with van der Waals surface area (Å²) in [6.45, 7) is 10.3. The minimum absolute atomic E-state index is 0. The van der Waals surface area contributed by atoms with Gasteiger partial charge >= 0.3 is 17.1 Å². The first-order valence-electron chi connectivity index (χ1n) is 21.6. The van der Waals surface area contributed by atoms with E-state index in [9.17, 15) is 0 Å². The molecule has 0 aromatic heterocycles. The van der Waals surface area contributed by atoms with E-state index in [-0.39, 0.29) is 30.1 Å². The molecule has 282 valence electrons. The van der Waals surface area contributed by atoms with Gasteiger partial charge in [0.1, 0.15) is 0 Å². The van der Waals surface area contributed by atoms with Crippen molar-refractivity contribution in [1.29, 1.82) is 0 Å². The molecule has 2 aromatic rings. The Kier molecular flexibility index (Phi) is 11.2. The van der Waals surface area contributed by atoms with E-state index >= 15 is 0 Å². The van der Waals surface area contributed by atoms with Gasteiger partial charge in [-0.1, -0.05) is 38.6 Å². The van der Waals surface area contributed by atoms with Crippen LogP contribution in [0.2, 0.25) is 19.6 Å². The summed E-state index contributed by atoms with van der Waals surface area (Å²) in [5.41, 5.74) is 3.66. The van der Waals surface area contributed by atoms with Gasteiger partial charge in [-0.05, 0) is 162 Å². The van der Waals surface area contributed by atoms with Crippen LogP contribution in [0.3, 0.4) is 0 Å². The van der Waals surface area contributed by atoms with E-state index in [1.165, 1.54) is 57.8 Å². The van der Waals surface area contributed by atoms with Crippen LogP contribution in [0.25, 0.3) is 0 Å². The van der Waals surface area contributed by atoms with E-state index in [1.807, 2.05) is 35.9 Å². The second kappa shape index (κ2) is 14.9. The predicted octanol–water partition coefficient (Wildman–Crippen LogP) is 10.6. The third-order valence-corrected chi connectivity index (χ3v) is 23.3. The molecule has 8 aliphatic carbocycles. The monoisotopic (exact) mass is 784 g/mol. The topological polar surface area (TPSA) is 24.1 Å². The third-order valence-electron chi connectivity index (χ3n) is 16.1. The minimum Gasteiger partial charge on any atom is -0.313 e. The van der Waals surface area contributed by atoms with E-state index in [2.05, 4.69) is 51.6 Å². The van der Waals surface area contributed by atoms with Gasteiger partial charge in [-0.15, -0.1) is 17.2 Å². The first-order chi connectivity index (χ1) is 24.1. The van der Waals surface area contributed by atoms with Crippen LogP contribution in [0.1, 0.15) is 127 Å². The fraction of sp³-hybridized carbons (Fsp3) is 0.778. The molecule has 51 heavy (non-hydrogen) atoms. The molecule has 3 atom stereocenters. The number of nitrogens with one attached hydrogen (secondary N) is 2. The zero-order chi connectivity index (χ0) is 34.1. The fourth-order valence-electron chi connectivity index (χ4n) is 14.8. The van der Waals surface area contributed by atoms with Gasteiger partial charge in [0.05, 0.1) is 8.07 Å². The standard InChI is InChI=1S/C40H65N2P2Si.C5H5.Fe/c1-45(2,3)34-18-33(35(19-34)40(43,36-8-4-6-10-41-36)37-9-5-7-11-42-37)26-44(38-20-27-12-28(21-38)14-29(13-27)22-38)39-23-30-15-31(24-39)17-32(16-30)25-39;1-2-4-5-3-1;/h18-19,27-32,36-37,41-42H,4-17,20-26,43H2,1-3H3;1-5H;/q2*-1;+2. The molecule has 10 aliphatic rings. The summed E-state index contributed by atoms with van der Waals surface area (Å²) in [6.07, 6.45) is 29.0. The molecule has 8 saturated carbocycles. The Morgan fingerprint density at radius 1 is 0.725 bits per heavy atom. The summed E-state index contributed by atoms with van der Waals surface area (Å²) in [5, 5.41) is 11.6. The summed E-state index contributed by atoms with van der Waals surface area (Å²) in [6, 6.07) is 16.9. The van der Waals surface area contributed by atoms with Crippen LogP contribution in [-0.4, -0.2) is 43.6 Å². The van der Waals surface area contributed by atoms with Gasteiger partial charge in [0.2, 0.25) is 0 Å². The Morgan fingerprint density at radius 2 is 1.16 bits per heavy atom. The molecule has 0 radical (unpaired) electrons. The zero-order valence-electron chi connectivity index (χ0n) is 32.4. The summed E-state index contributed by atoms with van der Waals surface area (Å²) in [5.74, 6) is 6.45. The van der Waals surface area contributed by atoms with E-state index in [0.29, 0.717) is 22.4 Å². The summed E-state index contributed by atoms with van der Waals surface area (Å²) < 4.78 is 0. The van der Waals surface area contributed by atoms with Crippen LogP contribution in [-0.2, 0) is 28.4 Å². The van der Waals surface area contributed by atoms with Crippen LogP contribution >= 0.6 is 17.2 Å². The van der Waals surface area contributed by atoms with Crippen LogP contribution in [0.4, 0.5) is 0 Å². The third kappa shape index (κ3) is 7.21. The van der Waals surface area contributed by atoms with Crippen LogP contribution < -0.4 is 15.8 Å². The quantitative estimate of drug-likeness (QED) is 0.158. The first-order valence-corrected chi connectivity index (χ1v) is 27.2. The van der Waals surface area contributed by atoms with Gasteiger partial charge in [-0.3, -0.25) is 0 Å². The van der Waals surface area contributed by atoms with Gasteiger partial charge in [-0.25, -0.2) is 18.2 Å². The Labute approximate surface area is 327 Å². The largest absolute Gasteiger partial charge is 2.00 e. The smallest absolute Gasteiger partial charge is 0.313 e. The van der Waals surface area contributed by atoms with Crippen LogP contribution in [0, 0.1) is 35.5 Å². The van der Waals surface area contributed by atoms with Crippen LogP contribution in [0.15, 0.2) is 42.5 Å². The van der Waals surface area contributed by atoms with Gasteiger partial charge in [0.15, 0.2) is 0 Å². The van der Waals surface area contributed by atoms with E-state index < -0.39 is 8.07 Å². The average molecular weight is 785 g/mol. The first kappa shape index (κ1) is 38.1. The van der Waals surface area contributed by atoms with Crippen molar-refractivity contribution in [2.75, 3.05) is 13.1 Å². The van der Waals surface area contributed by atoms with Crippen molar-refractivity contribution in [3.8, 4) is 0 Å². The molecule has 0 amide bonds. The van der Waals surface area contributed by atoms with Gasteiger partial charge in [0, 0.05) is 17.2 Å². The van der Waals surface area contributed by atoms with Crippen LogP contribution in [0.5, 0.6) is 0 Å². The van der Waals surface area contributed by atoms with Gasteiger partial charge in [-0.2, -0.15) is 40.6 Å². The van der Waals surface area contributed by atoms with Crippen molar-refractivity contribution in [2.24, 2.45) is 35.5 Å². The molecule has 3 unspecified atom stereocenters. The Hall–Kier alpha value is 0.216. The summed E-state index contributed by atoms with van der Waals surface area (Å²) >= 11 is 0. The molecule has 2 aliphatic heterocycles. The molecule has 2 aromatic carbocycles. The molecule has 2 saturated heterocycles. The molecule has 6 heteroatoms. The van der Waals surface area contributed by atoms with E-state index in [4.69, 9.17) is 0 Å². The molecular formula is C45H70FeN2P2Si. The number of piperidine rings is 2. The summed E-state index contributed by atoms with van der Waals surface area (Å²) in [7, 11) is 2.15. The van der Waals surface area contributed by atoms with Crippen molar-refractivity contribution in [2.45, 2.75) is 169 Å². The minimum atomic E-state index is -1.46. The SMILES string of the molecule is C[Si](C)(C)c1cc(CP(C23CC4CC(CC(C4)C2)C3)C23CC4CC(CC(C4)C2)C3)c(C(P)(C2CCCCN2)C2CCCCN2)[cH-]1.[Fe+2].c1cc[cH-]c1. The number of rotatable bonds is 8. The fourth-order valence-corrected chi connectivity index (χ4v) is 22.0. The maximum atomic E-state index is 4.16. The molecule has 0 spiro atoms. The van der Waals surface area contributed by atoms with Crippen molar-refractivity contribution in [1.82, 2.24) is 10.6 Å². The predicted molar refractivity (Wildman–Crippen MR) is 222 cm³/mol. The molecule has 12 rings (SSSR count). The van der Waals surface area contributed by atoms with Gasteiger partial charge in [0.25, 0.3) is 0 Å². The second-order valence-electron chi connectivity index (χ2n) is 20.7. The van der Waals surface area contributed by atoms with E-state index in [1.54, 1.807) is 87.8 Å². The van der Waals surface area contributed by atoms with Crippen molar-refractivity contribution >= 4 is 30.4 Å².